The molecule has 2 aromatic carbocycles. The number of halogens is 2. The molecule has 0 aliphatic rings. The maximum Gasteiger partial charge on any atom is 0.387 e. The summed E-state index contributed by atoms with van der Waals surface area (Å²) < 4.78 is 28.6. The van der Waals surface area contributed by atoms with E-state index < -0.39 is 6.61 Å². The van der Waals surface area contributed by atoms with Gasteiger partial charge >= 0.3 is 6.61 Å². The summed E-state index contributed by atoms with van der Waals surface area (Å²) in [5.74, 6) is 0.180. The molecule has 2 rings (SSSR count). The first-order valence-electron chi connectivity index (χ1n) is 6.96. The van der Waals surface area contributed by atoms with Crippen molar-refractivity contribution in [1.29, 1.82) is 0 Å². The van der Waals surface area contributed by atoms with E-state index in [9.17, 15) is 8.78 Å². The Morgan fingerprint density at radius 3 is 2.14 bits per heavy atom. The fourth-order valence-electron chi connectivity index (χ4n) is 2.15. The average Bonchev–Trinajstić information content (AvgIpc) is 2.47. The van der Waals surface area contributed by atoms with Gasteiger partial charge in [-0.3, -0.25) is 0 Å². The number of rotatable bonds is 6. The van der Waals surface area contributed by atoms with Crippen LogP contribution in [0.25, 0.3) is 0 Å². The highest BCUT2D eigenvalue weighted by Gasteiger charge is 2.10. The van der Waals surface area contributed by atoms with Crippen molar-refractivity contribution >= 4 is 5.69 Å². The van der Waals surface area contributed by atoms with Crippen LogP contribution in [0.3, 0.4) is 0 Å². The van der Waals surface area contributed by atoms with Gasteiger partial charge in [0.2, 0.25) is 0 Å². The van der Waals surface area contributed by atoms with E-state index in [1.165, 1.54) is 5.56 Å². The average molecular weight is 291 g/mol. The van der Waals surface area contributed by atoms with Crippen molar-refractivity contribution in [1.82, 2.24) is 0 Å². The molecule has 0 unspecified atom stereocenters. The zero-order valence-corrected chi connectivity index (χ0v) is 12.1. The third kappa shape index (κ3) is 4.45. The number of hydrogen-bond acceptors (Lipinski definition) is 2. The molecule has 1 atom stereocenters. The molecule has 0 spiro atoms. The van der Waals surface area contributed by atoms with Gasteiger partial charge in [0.1, 0.15) is 5.75 Å². The van der Waals surface area contributed by atoms with Crippen molar-refractivity contribution in [3.8, 4) is 5.75 Å². The van der Waals surface area contributed by atoms with Crippen molar-refractivity contribution in [2.45, 2.75) is 32.9 Å². The van der Waals surface area contributed by atoms with Crippen LogP contribution in [0.2, 0.25) is 0 Å². The van der Waals surface area contributed by atoms with Crippen LogP contribution in [0.15, 0.2) is 48.5 Å². The van der Waals surface area contributed by atoms with Gasteiger partial charge in [-0.15, -0.1) is 0 Å². The zero-order valence-electron chi connectivity index (χ0n) is 12.1. The van der Waals surface area contributed by atoms with Crippen LogP contribution in [0.5, 0.6) is 5.75 Å². The molecule has 0 saturated carbocycles. The van der Waals surface area contributed by atoms with Gasteiger partial charge in [-0.05, 0) is 43.2 Å². The van der Waals surface area contributed by atoms with Gasteiger partial charge in [0, 0.05) is 5.69 Å². The molecule has 2 aromatic rings. The van der Waals surface area contributed by atoms with E-state index in [1.807, 2.05) is 31.2 Å². The quantitative estimate of drug-likeness (QED) is 0.793. The molecular formula is C17H19F2NO. The lowest BCUT2D eigenvalue weighted by atomic mass is 10.0. The van der Waals surface area contributed by atoms with E-state index >= 15 is 0 Å². The van der Waals surface area contributed by atoms with Crippen LogP contribution < -0.4 is 10.1 Å². The molecular weight excluding hydrogens is 272 g/mol. The predicted molar refractivity (Wildman–Crippen MR) is 80.9 cm³/mol. The fourth-order valence-corrected chi connectivity index (χ4v) is 2.15. The Labute approximate surface area is 123 Å². The van der Waals surface area contributed by atoms with Gasteiger partial charge in [-0.2, -0.15) is 8.78 Å². The lowest BCUT2D eigenvalue weighted by Crippen LogP contribution is -2.09. The molecule has 21 heavy (non-hydrogen) atoms. The minimum absolute atomic E-state index is 0.133. The second kappa shape index (κ2) is 7.07. The first-order valence-corrected chi connectivity index (χ1v) is 6.96. The number of aryl methyl sites for hydroxylation is 1. The third-order valence-corrected chi connectivity index (χ3v) is 3.31. The highest BCUT2D eigenvalue weighted by atomic mass is 19.3. The Morgan fingerprint density at radius 2 is 1.62 bits per heavy atom. The monoisotopic (exact) mass is 291 g/mol. The summed E-state index contributed by atoms with van der Waals surface area (Å²) in [4.78, 5) is 0. The van der Waals surface area contributed by atoms with Gasteiger partial charge in [0.05, 0.1) is 6.04 Å². The van der Waals surface area contributed by atoms with Crippen LogP contribution >= 0.6 is 0 Å². The molecule has 0 amide bonds. The molecule has 112 valence electrons. The normalized spacial score (nSPS) is 12.2. The molecule has 0 fully saturated rings. The Hall–Kier alpha value is -2.10. The summed E-state index contributed by atoms with van der Waals surface area (Å²) in [7, 11) is 0. The summed E-state index contributed by atoms with van der Waals surface area (Å²) in [6, 6.07) is 15.1. The summed E-state index contributed by atoms with van der Waals surface area (Å²) in [5.41, 5.74) is 3.29. The largest absolute Gasteiger partial charge is 0.435 e. The summed E-state index contributed by atoms with van der Waals surface area (Å²) in [5, 5.41) is 3.44. The lowest BCUT2D eigenvalue weighted by Gasteiger charge is -2.19. The summed E-state index contributed by atoms with van der Waals surface area (Å²) in [6.07, 6.45) is 0.892. The first kappa shape index (κ1) is 15.3. The van der Waals surface area contributed by atoms with Crippen molar-refractivity contribution in [3.63, 3.8) is 0 Å². The van der Waals surface area contributed by atoms with E-state index in [0.29, 0.717) is 0 Å². The molecule has 0 aromatic heterocycles. The Morgan fingerprint density at radius 1 is 1.00 bits per heavy atom. The van der Waals surface area contributed by atoms with Crippen molar-refractivity contribution in [2.75, 3.05) is 5.32 Å². The number of alkyl halides is 2. The Bertz CT molecular complexity index is 552. The van der Waals surface area contributed by atoms with E-state index in [-0.39, 0.29) is 11.8 Å². The highest BCUT2D eigenvalue weighted by Crippen LogP contribution is 2.25. The minimum atomic E-state index is -2.79. The molecule has 0 bridgehead atoms. The predicted octanol–water partition coefficient (Wildman–Crippen LogP) is 5.16. The second-order valence-corrected chi connectivity index (χ2v) is 4.92. The van der Waals surface area contributed by atoms with Gasteiger partial charge in [-0.1, -0.05) is 36.8 Å². The summed E-state index contributed by atoms with van der Waals surface area (Å²) >= 11 is 0. The van der Waals surface area contributed by atoms with Gasteiger partial charge in [-0.25, -0.2) is 0 Å². The Balaban J connectivity index is 2.08. The fraction of sp³-hybridized carbons (Fsp3) is 0.294. The minimum Gasteiger partial charge on any atom is -0.435 e. The molecule has 4 heteroatoms. The Kier molecular flexibility index (Phi) is 5.14. The summed E-state index contributed by atoms with van der Waals surface area (Å²) in [6.45, 7) is 1.33. The van der Waals surface area contributed by atoms with Crippen LogP contribution in [-0.4, -0.2) is 6.61 Å². The van der Waals surface area contributed by atoms with Crippen molar-refractivity contribution in [3.05, 3.63) is 59.7 Å². The van der Waals surface area contributed by atoms with Gasteiger partial charge in [0.15, 0.2) is 0 Å². The molecule has 2 nitrogen and oxygen atoms in total. The number of anilines is 1. The van der Waals surface area contributed by atoms with E-state index in [2.05, 4.69) is 29.1 Å². The number of benzene rings is 2. The second-order valence-electron chi connectivity index (χ2n) is 4.92. The molecule has 0 heterocycles. The maximum absolute atomic E-state index is 12.1. The standard InChI is InChI=1S/C17H19F2NO/c1-3-16(20-14-8-4-12(2)5-9-14)13-6-10-15(11-7-13)21-17(18)19/h4-11,16-17,20H,3H2,1-2H3/t16-/m0/s1. The molecule has 1 N–H and O–H groups in total. The van der Waals surface area contributed by atoms with Gasteiger partial charge in [0.25, 0.3) is 0 Å². The third-order valence-electron chi connectivity index (χ3n) is 3.31. The number of ether oxygens (including phenoxy) is 1. The lowest BCUT2D eigenvalue weighted by molar-refractivity contribution is -0.0498. The maximum atomic E-state index is 12.1. The first-order chi connectivity index (χ1) is 10.1. The van der Waals surface area contributed by atoms with Crippen molar-refractivity contribution < 1.29 is 13.5 Å². The van der Waals surface area contributed by atoms with E-state index in [4.69, 9.17) is 0 Å². The van der Waals surface area contributed by atoms with E-state index in [1.54, 1.807) is 12.1 Å². The van der Waals surface area contributed by atoms with Crippen molar-refractivity contribution in [2.24, 2.45) is 0 Å². The van der Waals surface area contributed by atoms with E-state index in [0.717, 1.165) is 17.7 Å². The number of hydrogen-bond donors (Lipinski definition) is 1. The van der Waals surface area contributed by atoms with Crippen LogP contribution in [0, 0.1) is 6.92 Å². The molecule has 0 radical (unpaired) electrons. The molecule has 0 saturated heterocycles. The molecule has 0 aliphatic carbocycles. The topological polar surface area (TPSA) is 21.3 Å². The van der Waals surface area contributed by atoms with Crippen LogP contribution in [-0.2, 0) is 0 Å². The number of nitrogens with one attached hydrogen (secondary N) is 1. The van der Waals surface area contributed by atoms with Crippen LogP contribution in [0.4, 0.5) is 14.5 Å². The zero-order chi connectivity index (χ0) is 15.2. The van der Waals surface area contributed by atoms with Gasteiger partial charge < -0.3 is 10.1 Å². The highest BCUT2D eigenvalue weighted by molar-refractivity contribution is 5.47. The van der Waals surface area contributed by atoms with Crippen LogP contribution in [0.1, 0.15) is 30.5 Å². The molecule has 0 aliphatic heterocycles. The SMILES string of the molecule is CC[C@H](Nc1ccc(C)cc1)c1ccc(OC(F)F)cc1. The smallest absolute Gasteiger partial charge is 0.387 e.